The van der Waals surface area contributed by atoms with Crippen molar-refractivity contribution in [3.05, 3.63) is 217 Å². The second kappa shape index (κ2) is 14.9. The van der Waals surface area contributed by atoms with Crippen molar-refractivity contribution in [2.24, 2.45) is 15.0 Å². The van der Waals surface area contributed by atoms with Crippen LogP contribution in [0, 0.1) is 0 Å². The second-order valence-corrected chi connectivity index (χ2v) is 16.0. The summed E-state index contributed by atoms with van der Waals surface area (Å²) in [5, 5.41) is 11.5. The highest BCUT2D eigenvalue weighted by Gasteiger charge is 2.17. The first-order valence-electron chi connectivity index (χ1n) is 21.1. The average Bonchev–Trinajstić information content (AvgIpc) is 3.91. The molecular formula is C58H37N3O2. The number of aliphatic imine (C=N–C) groups is 3. The molecule has 0 spiro atoms. The molecule has 5 nitrogen and oxygen atoms in total. The topological polar surface area (TPSA) is 63.4 Å². The van der Waals surface area contributed by atoms with Crippen molar-refractivity contribution in [3.8, 4) is 22.3 Å². The van der Waals surface area contributed by atoms with Gasteiger partial charge in [0.15, 0.2) is 11.7 Å². The standard InChI is InChI=1S/C58H37N3O2/c1-59-57(38-12-3-2-4-13-38)61-58(60-35-36-22-28-53-50(30-36)48-18-9-10-20-52(48)62-53)42-26-24-37-23-25-40(31-43(37)32-42)45-19-11-21-55-56(45)51-34-41(27-29-54(51)63-55)49-33-39-14-5-6-15-44(39)46-16-7-8-17-47(46)49/h2-34H,1,35H2. The van der Waals surface area contributed by atoms with E-state index in [0.717, 1.165) is 88.0 Å². The number of benzene rings is 10. The van der Waals surface area contributed by atoms with Crippen LogP contribution in [0.15, 0.2) is 224 Å². The highest BCUT2D eigenvalue weighted by Crippen LogP contribution is 2.41. The van der Waals surface area contributed by atoms with E-state index in [-0.39, 0.29) is 0 Å². The van der Waals surface area contributed by atoms with Gasteiger partial charge in [-0.3, -0.25) is 4.99 Å². The summed E-state index contributed by atoms with van der Waals surface area (Å²) in [6.45, 7) is 4.31. The largest absolute Gasteiger partial charge is 0.456 e. The number of rotatable bonds is 6. The Labute approximate surface area is 362 Å². The molecule has 10 aromatic carbocycles. The summed E-state index contributed by atoms with van der Waals surface area (Å²) < 4.78 is 12.6. The van der Waals surface area contributed by atoms with Gasteiger partial charge in [-0.15, -0.1) is 0 Å². The molecule has 0 atom stereocenters. The molecule has 63 heavy (non-hydrogen) atoms. The van der Waals surface area contributed by atoms with Crippen LogP contribution in [-0.2, 0) is 6.54 Å². The number of para-hydroxylation sites is 1. The Kier molecular flexibility index (Phi) is 8.64. The predicted molar refractivity (Wildman–Crippen MR) is 264 cm³/mol. The van der Waals surface area contributed by atoms with Gasteiger partial charge < -0.3 is 8.83 Å². The van der Waals surface area contributed by atoms with Gasteiger partial charge in [-0.25, -0.2) is 9.98 Å². The van der Waals surface area contributed by atoms with Gasteiger partial charge >= 0.3 is 0 Å². The van der Waals surface area contributed by atoms with E-state index >= 15 is 0 Å². The fourth-order valence-electron chi connectivity index (χ4n) is 9.19. The van der Waals surface area contributed by atoms with Gasteiger partial charge in [0.25, 0.3) is 0 Å². The minimum atomic E-state index is 0.415. The van der Waals surface area contributed by atoms with Crippen molar-refractivity contribution in [2.75, 3.05) is 0 Å². The second-order valence-electron chi connectivity index (χ2n) is 16.0. The molecular weight excluding hydrogens is 771 g/mol. The van der Waals surface area contributed by atoms with E-state index in [2.05, 4.69) is 157 Å². The normalized spacial score (nSPS) is 12.4. The molecule has 0 bridgehead atoms. The van der Waals surface area contributed by atoms with Crippen LogP contribution in [0.25, 0.3) is 98.4 Å². The SMILES string of the molecule is C=NC(=NC(=NCc1ccc2oc3ccccc3c2c1)c1ccc2ccc(-c3cccc4oc5ccc(-c6cc7ccccc7c7ccccc67)cc5c34)cc2c1)c1ccccc1. The highest BCUT2D eigenvalue weighted by molar-refractivity contribution is 6.18. The molecule has 0 unspecified atom stereocenters. The lowest BCUT2D eigenvalue weighted by Gasteiger charge is -2.11. The summed E-state index contributed by atoms with van der Waals surface area (Å²) in [5.41, 5.74) is 10.8. The van der Waals surface area contributed by atoms with Gasteiger partial charge in [-0.2, -0.15) is 0 Å². The molecule has 0 radical (unpaired) electrons. The fourth-order valence-corrected chi connectivity index (χ4v) is 9.19. The average molecular weight is 808 g/mol. The van der Waals surface area contributed by atoms with Crippen molar-refractivity contribution in [3.63, 3.8) is 0 Å². The molecule has 0 aliphatic rings. The molecule has 0 saturated heterocycles. The lowest BCUT2D eigenvalue weighted by Crippen LogP contribution is -2.05. The molecule has 0 aliphatic carbocycles. The summed E-state index contributed by atoms with van der Waals surface area (Å²) in [5.74, 6) is 1.08. The Morgan fingerprint density at radius 2 is 1.08 bits per heavy atom. The van der Waals surface area contributed by atoms with Gasteiger partial charge in [-0.05, 0) is 121 Å². The maximum atomic E-state index is 6.54. The summed E-state index contributed by atoms with van der Waals surface area (Å²) in [4.78, 5) is 14.6. The molecule has 5 heteroatoms. The first-order valence-corrected chi connectivity index (χ1v) is 21.1. The number of fused-ring (bicyclic) bond motifs is 10. The van der Waals surface area contributed by atoms with Crippen molar-refractivity contribution < 1.29 is 8.83 Å². The molecule has 2 aromatic heterocycles. The van der Waals surface area contributed by atoms with Crippen LogP contribution in [0.2, 0.25) is 0 Å². The summed E-state index contributed by atoms with van der Waals surface area (Å²) in [6.07, 6.45) is 0. The van der Waals surface area contributed by atoms with Crippen LogP contribution in [0.3, 0.4) is 0 Å². The van der Waals surface area contributed by atoms with Crippen LogP contribution < -0.4 is 0 Å². The zero-order valence-corrected chi connectivity index (χ0v) is 34.1. The highest BCUT2D eigenvalue weighted by atomic mass is 16.3. The molecule has 0 amide bonds. The van der Waals surface area contributed by atoms with Crippen LogP contribution in [0.5, 0.6) is 0 Å². The Bertz CT molecular complexity index is 3850. The quantitative estimate of drug-likeness (QED) is 0.0954. The van der Waals surface area contributed by atoms with Crippen molar-refractivity contribution >= 4 is 94.6 Å². The van der Waals surface area contributed by atoms with E-state index < -0.39 is 0 Å². The van der Waals surface area contributed by atoms with Crippen LogP contribution in [0.1, 0.15) is 16.7 Å². The van der Waals surface area contributed by atoms with Crippen LogP contribution >= 0.6 is 0 Å². The minimum Gasteiger partial charge on any atom is -0.456 e. The van der Waals surface area contributed by atoms with Gasteiger partial charge in [0.1, 0.15) is 22.3 Å². The van der Waals surface area contributed by atoms with Gasteiger partial charge in [0.2, 0.25) is 0 Å². The Morgan fingerprint density at radius 1 is 0.397 bits per heavy atom. The maximum Gasteiger partial charge on any atom is 0.161 e. The third-order valence-electron chi connectivity index (χ3n) is 12.2. The van der Waals surface area contributed by atoms with E-state index in [1.807, 2.05) is 54.6 Å². The zero-order chi connectivity index (χ0) is 41.9. The van der Waals surface area contributed by atoms with Crippen LogP contribution in [0.4, 0.5) is 0 Å². The molecule has 0 aliphatic heterocycles. The van der Waals surface area contributed by atoms with E-state index in [4.69, 9.17) is 18.8 Å². The first kappa shape index (κ1) is 36.4. The number of hydrogen-bond acceptors (Lipinski definition) is 3. The van der Waals surface area contributed by atoms with Gasteiger partial charge in [0, 0.05) is 32.7 Å². The monoisotopic (exact) mass is 807 g/mol. The van der Waals surface area contributed by atoms with E-state index in [9.17, 15) is 0 Å². The third kappa shape index (κ3) is 6.37. The van der Waals surface area contributed by atoms with Crippen LogP contribution in [-0.4, -0.2) is 18.4 Å². The smallest absolute Gasteiger partial charge is 0.161 e. The first-order chi connectivity index (χ1) is 31.1. The molecule has 296 valence electrons. The predicted octanol–water partition coefficient (Wildman–Crippen LogP) is 15.4. The summed E-state index contributed by atoms with van der Waals surface area (Å²) in [6, 6.07) is 69.9. The summed E-state index contributed by atoms with van der Waals surface area (Å²) >= 11 is 0. The fraction of sp³-hybridized carbons (Fsp3) is 0.0172. The molecule has 0 N–H and O–H groups in total. The molecule has 12 rings (SSSR count). The molecule has 12 aromatic rings. The lowest BCUT2D eigenvalue weighted by molar-refractivity contribution is 0.668. The molecule has 0 fully saturated rings. The molecule has 0 saturated carbocycles. The van der Waals surface area contributed by atoms with Gasteiger partial charge in [-0.1, -0.05) is 146 Å². The van der Waals surface area contributed by atoms with E-state index in [1.165, 1.54) is 27.1 Å². The minimum absolute atomic E-state index is 0.415. The Balaban J connectivity index is 0.973. The summed E-state index contributed by atoms with van der Waals surface area (Å²) in [7, 11) is 0. The van der Waals surface area contributed by atoms with E-state index in [0.29, 0.717) is 18.2 Å². The van der Waals surface area contributed by atoms with Crippen molar-refractivity contribution in [1.29, 1.82) is 0 Å². The van der Waals surface area contributed by atoms with E-state index in [1.54, 1.807) is 0 Å². The Hall–Kier alpha value is -8.41. The number of furan rings is 2. The zero-order valence-electron chi connectivity index (χ0n) is 34.1. The Morgan fingerprint density at radius 3 is 1.97 bits per heavy atom. The van der Waals surface area contributed by atoms with Gasteiger partial charge in [0.05, 0.1) is 6.54 Å². The van der Waals surface area contributed by atoms with Crippen molar-refractivity contribution in [2.45, 2.75) is 6.54 Å². The maximum absolute atomic E-state index is 6.54. The van der Waals surface area contributed by atoms with Crippen molar-refractivity contribution in [1.82, 2.24) is 0 Å². The number of hydrogen-bond donors (Lipinski definition) is 0. The molecule has 2 heterocycles. The number of nitrogens with zero attached hydrogens (tertiary/aromatic N) is 3. The lowest BCUT2D eigenvalue weighted by atomic mass is 9.92. The number of amidine groups is 2. The third-order valence-corrected chi connectivity index (χ3v) is 12.2.